The van der Waals surface area contributed by atoms with E-state index < -0.39 is 16.4 Å². The second-order valence-electron chi connectivity index (χ2n) is 3.89. The Labute approximate surface area is 120 Å². The highest BCUT2D eigenvalue weighted by atomic mass is 32.3. The van der Waals surface area contributed by atoms with Crippen LogP contribution < -0.4 is 8.92 Å². The molecule has 0 spiro atoms. The summed E-state index contributed by atoms with van der Waals surface area (Å²) in [5.41, 5.74) is 0.0145. The van der Waals surface area contributed by atoms with Crippen LogP contribution in [0.2, 0.25) is 0 Å². The quantitative estimate of drug-likeness (QED) is 0.815. The maximum Gasteiger partial charge on any atom is 0.446 e. The SMILES string of the molecule is O=C(O)c1cccc(Oc2ccccc2OS(=O)(=O)O)c1. The number of ether oxygens (including phenoxy) is 1. The number of carboxylic acids is 1. The summed E-state index contributed by atoms with van der Waals surface area (Å²) < 4.78 is 39.9. The van der Waals surface area contributed by atoms with E-state index in [-0.39, 0.29) is 22.8 Å². The molecule has 110 valence electrons. The predicted octanol–water partition coefficient (Wildman–Crippen LogP) is 2.36. The van der Waals surface area contributed by atoms with Crippen molar-refractivity contribution in [1.82, 2.24) is 0 Å². The Bertz CT molecular complexity index is 768. The first-order valence-corrected chi connectivity index (χ1v) is 6.99. The standard InChI is InChI=1S/C13H10O7S/c14-13(15)9-4-3-5-10(8-9)19-11-6-1-2-7-12(11)20-21(16,17)18/h1-8H,(H,14,15)(H,16,17,18). The number of hydrogen-bond donors (Lipinski definition) is 2. The zero-order chi connectivity index (χ0) is 15.5. The molecular weight excluding hydrogens is 300 g/mol. The van der Waals surface area contributed by atoms with Crippen LogP contribution in [0.1, 0.15) is 10.4 Å². The van der Waals surface area contributed by atoms with E-state index in [0.717, 1.165) is 0 Å². The van der Waals surface area contributed by atoms with Gasteiger partial charge in [0.15, 0.2) is 11.5 Å². The van der Waals surface area contributed by atoms with Crippen LogP contribution in [-0.2, 0) is 10.4 Å². The van der Waals surface area contributed by atoms with E-state index in [9.17, 15) is 13.2 Å². The van der Waals surface area contributed by atoms with Crippen LogP contribution in [0.25, 0.3) is 0 Å². The zero-order valence-electron chi connectivity index (χ0n) is 10.5. The number of rotatable bonds is 5. The molecule has 2 N–H and O–H groups in total. The Hall–Kier alpha value is -2.58. The molecule has 0 aromatic heterocycles. The normalized spacial score (nSPS) is 10.9. The lowest BCUT2D eigenvalue weighted by atomic mass is 10.2. The maximum absolute atomic E-state index is 10.9. The fraction of sp³-hybridized carbons (Fsp3) is 0. The molecule has 0 amide bonds. The second kappa shape index (κ2) is 5.81. The number of carbonyl (C=O) groups is 1. The van der Waals surface area contributed by atoms with Gasteiger partial charge in [0.05, 0.1) is 5.56 Å². The number of hydrogen-bond acceptors (Lipinski definition) is 5. The van der Waals surface area contributed by atoms with E-state index in [2.05, 4.69) is 4.18 Å². The molecular formula is C13H10O7S. The largest absolute Gasteiger partial charge is 0.478 e. The summed E-state index contributed by atoms with van der Waals surface area (Å²) in [5.74, 6) is -1.15. The fourth-order valence-electron chi connectivity index (χ4n) is 1.54. The van der Waals surface area contributed by atoms with Crippen molar-refractivity contribution in [2.75, 3.05) is 0 Å². The molecule has 0 radical (unpaired) electrons. The van der Waals surface area contributed by atoms with Gasteiger partial charge in [-0.2, -0.15) is 8.42 Å². The lowest BCUT2D eigenvalue weighted by molar-refractivity contribution is 0.0696. The Balaban J connectivity index is 2.32. The van der Waals surface area contributed by atoms with E-state index in [0.29, 0.717) is 0 Å². The van der Waals surface area contributed by atoms with Crippen LogP contribution in [0.3, 0.4) is 0 Å². The molecule has 0 aliphatic carbocycles. The lowest BCUT2D eigenvalue weighted by Crippen LogP contribution is -2.07. The van der Waals surface area contributed by atoms with E-state index in [1.165, 1.54) is 42.5 Å². The lowest BCUT2D eigenvalue weighted by Gasteiger charge is -2.10. The maximum atomic E-state index is 10.9. The summed E-state index contributed by atoms with van der Waals surface area (Å²) in [6, 6.07) is 11.4. The highest BCUT2D eigenvalue weighted by molar-refractivity contribution is 7.81. The van der Waals surface area contributed by atoms with Crippen molar-refractivity contribution in [3.05, 3.63) is 54.1 Å². The highest BCUT2D eigenvalue weighted by Crippen LogP contribution is 2.32. The van der Waals surface area contributed by atoms with Crippen LogP contribution in [0.4, 0.5) is 0 Å². The molecule has 0 saturated carbocycles. The summed E-state index contributed by atoms with van der Waals surface area (Å²) in [6.45, 7) is 0. The summed E-state index contributed by atoms with van der Waals surface area (Å²) in [7, 11) is -4.69. The van der Waals surface area contributed by atoms with Gasteiger partial charge in [0.25, 0.3) is 0 Å². The third-order valence-electron chi connectivity index (χ3n) is 2.35. The summed E-state index contributed by atoms with van der Waals surface area (Å²) in [5, 5.41) is 8.89. The average molecular weight is 310 g/mol. The van der Waals surface area contributed by atoms with Gasteiger partial charge < -0.3 is 14.0 Å². The van der Waals surface area contributed by atoms with Gasteiger partial charge in [-0.05, 0) is 30.3 Å². The molecule has 0 aliphatic rings. The van der Waals surface area contributed by atoms with Gasteiger partial charge in [-0.15, -0.1) is 0 Å². The average Bonchev–Trinajstić information content (AvgIpc) is 2.40. The molecule has 2 aromatic carbocycles. The van der Waals surface area contributed by atoms with Gasteiger partial charge >= 0.3 is 16.4 Å². The summed E-state index contributed by atoms with van der Waals surface area (Å²) >= 11 is 0. The number of aromatic carboxylic acids is 1. The molecule has 0 saturated heterocycles. The van der Waals surface area contributed by atoms with Gasteiger partial charge in [0, 0.05) is 0 Å². The molecule has 0 atom stereocenters. The molecule has 2 rings (SSSR count). The third-order valence-corrected chi connectivity index (χ3v) is 2.74. The topological polar surface area (TPSA) is 110 Å². The molecule has 0 aliphatic heterocycles. The van der Waals surface area contributed by atoms with E-state index >= 15 is 0 Å². The van der Waals surface area contributed by atoms with E-state index in [4.69, 9.17) is 14.4 Å². The first kappa shape index (κ1) is 14.8. The fourth-order valence-corrected chi connectivity index (χ4v) is 1.90. The number of carboxylic acid groups (broad SMARTS) is 1. The van der Waals surface area contributed by atoms with Crippen molar-refractivity contribution in [3.8, 4) is 17.2 Å². The Kier molecular flexibility index (Phi) is 4.10. The van der Waals surface area contributed by atoms with Crippen LogP contribution in [-0.4, -0.2) is 24.0 Å². The highest BCUT2D eigenvalue weighted by Gasteiger charge is 2.13. The molecule has 8 heteroatoms. The molecule has 21 heavy (non-hydrogen) atoms. The van der Waals surface area contributed by atoms with Gasteiger partial charge in [0.1, 0.15) is 5.75 Å². The van der Waals surface area contributed by atoms with Gasteiger partial charge in [-0.25, -0.2) is 4.79 Å². The second-order valence-corrected chi connectivity index (χ2v) is 4.91. The van der Waals surface area contributed by atoms with Crippen molar-refractivity contribution in [1.29, 1.82) is 0 Å². The van der Waals surface area contributed by atoms with Crippen LogP contribution in [0, 0.1) is 0 Å². The number of benzene rings is 2. The summed E-state index contributed by atoms with van der Waals surface area (Å²) in [4.78, 5) is 10.9. The van der Waals surface area contributed by atoms with Crippen molar-refractivity contribution in [3.63, 3.8) is 0 Å². The van der Waals surface area contributed by atoms with E-state index in [1.54, 1.807) is 6.07 Å². The minimum absolute atomic E-state index is 0.0117. The first-order chi connectivity index (χ1) is 9.85. The Morgan fingerprint density at radius 1 is 1.00 bits per heavy atom. The molecule has 7 nitrogen and oxygen atoms in total. The minimum Gasteiger partial charge on any atom is -0.478 e. The van der Waals surface area contributed by atoms with Gasteiger partial charge in [-0.1, -0.05) is 18.2 Å². The predicted molar refractivity (Wildman–Crippen MR) is 72.1 cm³/mol. The smallest absolute Gasteiger partial charge is 0.446 e. The Morgan fingerprint density at radius 3 is 2.29 bits per heavy atom. The monoisotopic (exact) mass is 310 g/mol. The van der Waals surface area contributed by atoms with Crippen molar-refractivity contribution < 1.29 is 31.8 Å². The molecule has 0 fully saturated rings. The number of para-hydroxylation sites is 2. The first-order valence-electron chi connectivity index (χ1n) is 5.62. The molecule has 0 heterocycles. The zero-order valence-corrected chi connectivity index (χ0v) is 11.3. The van der Waals surface area contributed by atoms with Crippen LogP contribution >= 0.6 is 0 Å². The third kappa shape index (κ3) is 4.20. The summed E-state index contributed by atoms with van der Waals surface area (Å²) in [6.07, 6.45) is 0. The molecule has 0 bridgehead atoms. The van der Waals surface area contributed by atoms with Crippen molar-refractivity contribution in [2.45, 2.75) is 0 Å². The van der Waals surface area contributed by atoms with Crippen molar-refractivity contribution in [2.24, 2.45) is 0 Å². The van der Waals surface area contributed by atoms with E-state index in [1.807, 2.05) is 0 Å². The molecule has 2 aromatic rings. The Morgan fingerprint density at radius 2 is 1.67 bits per heavy atom. The van der Waals surface area contributed by atoms with Crippen LogP contribution in [0.15, 0.2) is 48.5 Å². The molecule has 0 unspecified atom stereocenters. The van der Waals surface area contributed by atoms with Crippen LogP contribution in [0.5, 0.6) is 17.2 Å². The minimum atomic E-state index is -4.69. The van der Waals surface area contributed by atoms with Gasteiger partial charge in [0.2, 0.25) is 0 Å². The van der Waals surface area contributed by atoms with Gasteiger partial charge in [-0.3, -0.25) is 4.55 Å². The van der Waals surface area contributed by atoms with Crippen molar-refractivity contribution >= 4 is 16.4 Å².